The Balaban J connectivity index is 1.47. The summed E-state index contributed by atoms with van der Waals surface area (Å²) in [4.78, 5) is 33.6. The van der Waals surface area contributed by atoms with Crippen LogP contribution in [0.2, 0.25) is 0 Å². The predicted molar refractivity (Wildman–Crippen MR) is 120 cm³/mol. The third-order valence-electron chi connectivity index (χ3n) is 5.65. The smallest absolute Gasteiger partial charge is 0.228 e. The van der Waals surface area contributed by atoms with E-state index in [0.717, 1.165) is 22.2 Å². The predicted octanol–water partition coefficient (Wildman–Crippen LogP) is 4.09. The van der Waals surface area contributed by atoms with E-state index >= 15 is 0 Å². The lowest BCUT2D eigenvalue weighted by Gasteiger charge is -2.26. The second kappa shape index (κ2) is 8.07. The van der Waals surface area contributed by atoms with Gasteiger partial charge in [0.15, 0.2) is 0 Å². The molecule has 6 heteroatoms. The van der Waals surface area contributed by atoms with Crippen molar-refractivity contribution in [1.82, 2.24) is 15.3 Å². The Labute approximate surface area is 179 Å². The van der Waals surface area contributed by atoms with Crippen LogP contribution >= 0.6 is 0 Å². The molecule has 0 fully saturated rings. The van der Waals surface area contributed by atoms with Gasteiger partial charge in [-0.3, -0.25) is 9.59 Å². The standard InChI is InChI=1S/C25H22N4O2/c30-23-15-18(17-10-4-5-11-19(17)26-23)25(31)29-22(14-16-8-2-1-3-9-16)24-27-20-12-6-7-13-21(20)28-24/h1-13,18,22H,14-15H2,(H,26,30)(H,27,28)(H,29,31)/t18-,22+/m0/s1. The zero-order chi connectivity index (χ0) is 21.2. The van der Waals surface area contributed by atoms with E-state index < -0.39 is 5.92 Å². The van der Waals surface area contributed by atoms with Crippen molar-refractivity contribution < 1.29 is 9.59 Å². The Morgan fingerprint density at radius 1 is 1.00 bits per heavy atom. The number of aromatic nitrogens is 2. The van der Waals surface area contributed by atoms with Gasteiger partial charge in [-0.1, -0.05) is 60.7 Å². The van der Waals surface area contributed by atoms with E-state index in [1.54, 1.807) is 0 Å². The maximum absolute atomic E-state index is 13.4. The molecule has 3 aromatic carbocycles. The summed E-state index contributed by atoms with van der Waals surface area (Å²) in [6, 6.07) is 24.9. The summed E-state index contributed by atoms with van der Waals surface area (Å²) >= 11 is 0. The largest absolute Gasteiger partial charge is 0.345 e. The molecule has 1 aliphatic heterocycles. The lowest BCUT2D eigenvalue weighted by atomic mass is 9.89. The summed E-state index contributed by atoms with van der Waals surface area (Å²) < 4.78 is 0. The molecule has 0 radical (unpaired) electrons. The van der Waals surface area contributed by atoms with Crippen molar-refractivity contribution in [1.29, 1.82) is 0 Å². The van der Waals surface area contributed by atoms with Crippen LogP contribution in [0.25, 0.3) is 11.0 Å². The Bertz CT molecular complexity index is 1220. The zero-order valence-electron chi connectivity index (χ0n) is 16.8. The molecule has 4 aromatic rings. The van der Waals surface area contributed by atoms with Gasteiger partial charge in [-0.25, -0.2) is 4.98 Å². The molecule has 0 bridgehead atoms. The van der Waals surface area contributed by atoms with E-state index in [2.05, 4.69) is 15.6 Å². The lowest BCUT2D eigenvalue weighted by molar-refractivity contribution is -0.127. The van der Waals surface area contributed by atoms with Crippen molar-refractivity contribution in [2.24, 2.45) is 0 Å². The van der Waals surface area contributed by atoms with E-state index in [0.29, 0.717) is 17.9 Å². The summed E-state index contributed by atoms with van der Waals surface area (Å²) in [7, 11) is 0. The summed E-state index contributed by atoms with van der Waals surface area (Å²) in [6.07, 6.45) is 0.716. The summed E-state index contributed by atoms with van der Waals surface area (Å²) in [5.41, 5.74) is 4.40. The van der Waals surface area contributed by atoms with Gasteiger partial charge in [-0.05, 0) is 35.7 Å². The highest BCUT2D eigenvalue weighted by molar-refractivity contribution is 6.01. The minimum atomic E-state index is -0.535. The fourth-order valence-electron chi connectivity index (χ4n) is 4.12. The van der Waals surface area contributed by atoms with E-state index in [-0.39, 0.29) is 24.3 Å². The van der Waals surface area contributed by atoms with Gasteiger partial charge in [-0.15, -0.1) is 0 Å². The minimum absolute atomic E-state index is 0.126. The minimum Gasteiger partial charge on any atom is -0.345 e. The van der Waals surface area contributed by atoms with Crippen LogP contribution in [0, 0.1) is 0 Å². The highest BCUT2D eigenvalue weighted by Crippen LogP contribution is 2.33. The number of H-pyrrole nitrogens is 1. The van der Waals surface area contributed by atoms with Gasteiger partial charge in [0, 0.05) is 12.1 Å². The molecule has 154 valence electrons. The number of aromatic amines is 1. The second-order valence-corrected chi connectivity index (χ2v) is 7.78. The Hall–Kier alpha value is -3.93. The molecule has 0 unspecified atom stereocenters. The van der Waals surface area contributed by atoms with Gasteiger partial charge in [0.1, 0.15) is 5.82 Å². The van der Waals surface area contributed by atoms with E-state index in [4.69, 9.17) is 4.98 Å². The number of hydrogen-bond acceptors (Lipinski definition) is 3. The van der Waals surface area contributed by atoms with Crippen molar-refractivity contribution in [2.45, 2.75) is 24.8 Å². The monoisotopic (exact) mass is 410 g/mol. The quantitative estimate of drug-likeness (QED) is 0.463. The number of nitrogens with one attached hydrogen (secondary N) is 3. The van der Waals surface area contributed by atoms with Gasteiger partial charge in [0.05, 0.1) is 23.0 Å². The van der Waals surface area contributed by atoms with Crippen molar-refractivity contribution in [3.8, 4) is 0 Å². The normalized spacial score (nSPS) is 16.4. The molecule has 2 atom stereocenters. The molecule has 0 saturated carbocycles. The Morgan fingerprint density at radius 3 is 2.58 bits per heavy atom. The highest BCUT2D eigenvalue weighted by atomic mass is 16.2. The lowest BCUT2D eigenvalue weighted by Crippen LogP contribution is -2.38. The Morgan fingerprint density at radius 2 is 1.74 bits per heavy atom. The van der Waals surface area contributed by atoms with Crippen molar-refractivity contribution >= 4 is 28.5 Å². The molecule has 31 heavy (non-hydrogen) atoms. The van der Waals surface area contributed by atoms with Crippen LogP contribution in [0.5, 0.6) is 0 Å². The summed E-state index contributed by atoms with van der Waals surface area (Å²) in [6.45, 7) is 0. The molecule has 0 spiro atoms. The first-order chi connectivity index (χ1) is 15.2. The number of hydrogen-bond donors (Lipinski definition) is 3. The average Bonchev–Trinajstić information content (AvgIpc) is 3.23. The van der Waals surface area contributed by atoms with Gasteiger partial charge in [-0.2, -0.15) is 0 Å². The fraction of sp³-hybridized carbons (Fsp3) is 0.160. The topological polar surface area (TPSA) is 86.9 Å². The molecule has 1 aliphatic rings. The Kier molecular flexibility index (Phi) is 4.96. The molecule has 2 heterocycles. The third-order valence-corrected chi connectivity index (χ3v) is 5.65. The van der Waals surface area contributed by atoms with Crippen molar-refractivity contribution in [3.05, 3.63) is 95.8 Å². The van der Waals surface area contributed by atoms with Crippen LogP contribution in [0.15, 0.2) is 78.9 Å². The van der Waals surface area contributed by atoms with E-state index in [9.17, 15) is 9.59 Å². The number of nitrogens with zero attached hydrogens (tertiary/aromatic N) is 1. The molecule has 6 nitrogen and oxygen atoms in total. The van der Waals surface area contributed by atoms with E-state index in [1.165, 1.54) is 0 Å². The van der Waals surface area contributed by atoms with Gasteiger partial charge in [0.2, 0.25) is 11.8 Å². The highest BCUT2D eigenvalue weighted by Gasteiger charge is 2.32. The number of rotatable bonds is 5. The molecule has 5 rings (SSSR count). The first kappa shape index (κ1) is 19.1. The molecular weight excluding hydrogens is 388 g/mol. The number of para-hydroxylation sites is 3. The first-order valence-corrected chi connectivity index (χ1v) is 10.3. The molecular formula is C25H22N4O2. The van der Waals surface area contributed by atoms with E-state index in [1.807, 2.05) is 78.9 Å². The molecule has 0 saturated heterocycles. The van der Waals surface area contributed by atoms with Gasteiger partial charge < -0.3 is 15.6 Å². The van der Waals surface area contributed by atoms with Crippen LogP contribution in [-0.2, 0) is 16.0 Å². The van der Waals surface area contributed by atoms with Crippen molar-refractivity contribution in [3.63, 3.8) is 0 Å². The van der Waals surface area contributed by atoms with Crippen LogP contribution in [-0.4, -0.2) is 21.8 Å². The molecule has 1 aromatic heterocycles. The number of benzene rings is 3. The first-order valence-electron chi connectivity index (χ1n) is 10.3. The van der Waals surface area contributed by atoms with Crippen LogP contribution < -0.4 is 10.6 Å². The molecule has 3 N–H and O–H groups in total. The molecule has 2 amide bonds. The summed E-state index contributed by atoms with van der Waals surface area (Å²) in [5.74, 6) is -0.162. The average molecular weight is 410 g/mol. The van der Waals surface area contributed by atoms with Gasteiger partial charge in [0.25, 0.3) is 0 Å². The maximum atomic E-state index is 13.4. The van der Waals surface area contributed by atoms with Crippen molar-refractivity contribution in [2.75, 3.05) is 5.32 Å². The maximum Gasteiger partial charge on any atom is 0.228 e. The molecule has 0 aliphatic carbocycles. The number of amides is 2. The number of anilines is 1. The van der Waals surface area contributed by atoms with Crippen LogP contribution in [0.3, 0.4) is 0 Å². The second-order valence-electron chi connectivity index (χ2n) is 7.78. The van der Waals surface area contributed by atoms with Crippen LogP contribution in [0.4, 0.5) is 5.69 Å². The number of imidazole rings is 1. The van der Waals surface area contributed by atoms with Crippen LogP contribution in [0.1, 0.15) is 35.3 Å². The SMILES string of the molecule is O=C1C[C@H](C(=O)N[C@H](Cc2ccccc2)c2nc3ccccc3[nH]2)c2ccccc2N1. The zero-order valence-corrected chi connectivity index (χ0v) is 16.8. The number of carbonyl (C=O) groups is 2. The number of fused-ring (bicyclic) bond motifs is 2. The fourth-order valence-corrected chi connectivity index (χ4v) is 4.12. The summed E-state index contributed by atoms with van der Waals surface area (Å²) in [5, 5.41) is 6.01. The number of carbonyl (C=O) groups excluding carboxylic acids is 2. The van der Waals surface area contributed by atoms with Gasteiger partial charge >= 0.3 is 0 Å². The third kappa shape index (κ3) is 3.92.